The molecule has 0 N–H and O–H groups in total. The second-order valence-electron chi connectivity index (χ2n) is 6.76. The molecule has 4 heteroatoms. The van der Waals surface area contributed by atoms with Gasteiger partial charge in [0.2, 0.25) is 5.91 Å². The molecule has 2 aromatic carbocycles. The fraction of sp³-hybridized carbons (Fsp3) is 0.348. The molecular weight excluding hydrogens is 336 g/mol. The van der Waals surface area contributed by atoms with Crippen LogP contribution in [0.4, 0.5) is 0 Å². The Morgan fingerprint density at radius 1 is 0.926 bits per heavy atom. The topological polar surface area (TPSA) is 32.8 Å². The summed E-state index contributed by atoms with van der Waals surface area (Å²) in [7, 11) is 0. The number of carbonyl (C=O) groups is 1. The third-order valence-electron chi connectivity index (χ3n) is 4.75. The van der Waals surface area contributed by atoms with Gasteiger partial charge in [0.25, 0.3) is 0 Å². The van der Waals surface area contributed by atoms with Gasteiger partial charge in [-0.3, -0.25) is 9.69 Å². The summed E-state index contributed by atoms with van der Waals surface area (Å²) in [5, 5.41) is 0. The van der Waals surface area contributed by atoms with Crippen LogP contribution in [0.25, 0.3) is 6.08 Å². The molecule has 1 aliphatic rings. The van der Waals surface area contributed by atoms with Crippen LogP contribution < -0.4 is 4.74 Å². The van der Waals surface area contributed by atoms with Gasteiger partial charge in [-0.25, -0.2) is 0 Å². The maximum absolute atomic E-state index is 12.4. The fourth-order valence-electron chi connectivity index (χ4n) is 3.17. The number of ether oxygens (including phenoxy) is 1. The first kappa shape index (κ1) is 19.2. The first-order chi connectivity index (χ1) is 13.3. The summed E-state index contributed by atoms with van der Waals surface area (Å²) in [4.78, 5) is 16.7. The Balaban J connectivity index is 1.30. The summed E-state index contributed by atoms with van der Waals surface area (Å²) in [6.07, 6.45) is 5.67. The van der Waals surface area contributed by atoms with E-state index >= 15 is 0 Å². The highest BCUT2D eigenvalue weighted by Crippen LogP contribution is 2.10. The third kappa shape index (κ3) is 6.57. The monoisotopic (exact) mass is 364 g/mol. The summed E-state index contributed by atoms with van der Waals surface area (Å²) in [6.45, 7) is 5.02. The maximum Gasteiger partial charge on any atom is 0.222 e. The largest absolute Gasteiger partial charge is 0.494 e. The number of amides is 1. The molecule has 0 spiro atoms. The van der Waals surface area contributed by atoms with Crippen LogP contribution in [-0.4, -0.2) is 55.0 Å². The van der Waals surface area contributed by atoms with Gasteiger partial charge in [0.05, 0.1) is 6.61 Å². The minimum Gasteiger partial charge on any atom is -0.494 e. The first-order valence-electron chi connectivity index (χ1n) is 9.71. The molecule has 1 amide bonds. The molecule has 0 aromatic heterocycles. The van der Waals surface area contributed by atoms with Crippen LogP contribution >= 0.6 is 0 Å². The summed E-state index contributed by atoms with van der Waals surface area (Å²) >= 11 is 0. The van der Waals surface area contributed by atoms with Crippen molar-refractivity contribution in [1.29, 1.82) is 0 Å². The van der Waals surface area contributed by atoms with Crippen LogP contribution in [0.2, 0.25) is 0 Å². The van der Waals surface area contributed by atoms with E-state index in [4.69, 9.17) is 4.74 Å². The minimum atomic E-state index is 0.242. The zero-order chi connectivity index (χ0) is 18.7. The Kier molecular flexibility index (Phi) is 7.48. The number of para-hydroxylation sites is 1. The molecule has 0 unspecified atom stereocenters. The van der Waals surface area contributed by atoms with Crippen molar-refractivity contribution in [3.8, 4) is 5.75 Å². The zero-order valence-electron chi connectivity index (χ0n) is 15.8. The van der Waals surface area contributed by atoms with Gasteiger partial charge < -0.3 is 9.64 Å². The van der Waals surface area contributed by atoms with E-state index in [2.05, 4.69) is 41.3 Å². The number of carbonyl (C=O) groups excluding carboxylic acids is 1. The van der Waals surface area contributed by atoms with Crippen molar-refractivity contribution >= 4 is 12.0 Å². The van der Waals surface area contributed by atoms with E-state index in [1.54, 1.807) is 0 Å². The molecule has 0 bridgehead atoms. The van der Waals surface area contributed by atoms with Crippen molar-refractivity contribution in [3.63, 3.8) is 0 Å². The molecule has 1 saturated heterocycles. The summed E-state index contributed by atoms with van der Waals surface area (Å²) < 4.78 is 5.65. The number of hydrogen-bond donors (Lipinski definition) is 0. The molecule has 2 aromatic rings. The van der Waals surface area contributed by atoms with Crippen molar-refractivity contribution < 1.29 is 9.53 Å². The van der Waals surface area contributed by atoms with Crippen molar-refractivity contribution in [2.45, 2.75) is 12.8 Å². The van der Waals surface area contributed by atoms with Gasteiger partial charge in [-0.1, -0.05) is 60.7 Å². The van der Waals surface area contributed by atoms with Crippen LogP contribution in [0, 0.1) is 0 Å². The molecule has 0 saturated carbocycles. The quantitative estimate of drug-likeness (QED) is 0.670. The average molecular weight is 364 g/mol. The highest BCUT2D eigenvalue weighted by Gasteiger charge is 2.19. The number of nitrogens with zero attached hydrogens (tertiary/aromatic N) is 2. The lowest BCUT2D eigenvalue weighted by Crippen LogP contribution is -2.48. The van der Waals surface area contributed by atoms with Gasteiger partial charge in [0.15, 0.2) is 0 Å². The lowest BCUT2D eigenvalue weighted by Gasteiger charge is -2.34. The molecule has 1 fully saturated rings. The van der Waals surface area contributed by atoms with Crippen LogP contribution in [0.3, 0.4) is 0 Å². The van der Waals surface area contributed by atoms with Crippen LogP contribution in [0.5, 0.6) is 5.75 Å². The number of rotatable bonds is 8. The standard InChI is InChI=1S/C23H28N2O2/c26-23(14-8-20-27-22-12-5-2-6-13-22)25-18-16-24(17-19-25)15-7-11-21-9-3-1-4-10-21/h1-7,9-13H,8,14-20H2/b11-7+. The smallest absolute Gasteiger partial charge is 0.222 e. The van der Waals surface area contributed by atoms with Crippen molar-refractivity contribution in [2.75, 3.05) is 39.3 Å². The van der Waals surface area contributed by atoms with Gasteiger partial charge in [-0.2, -0.15) is 0 Å². The lowest BCUT2D eigenvalue weighted by atomic mass is 10.2. The molecule has 0 aliphatic carbocycles. The van der Waals surface area contributed by atoms with E-state index in [1.165, 1.54) is 5.56 Å². The van der Waals surface area contributed by atoms with Gasteiger partial charge in [0.1, 0.15) is 5.75 Å². The average Bonchev–Trinajstić information content (AvgIpc) is 2.73. The van der Waals surface area contributed by atoms with Crippen LogP contribution in [0.1, 0.15) is 18.4 Å². The highest BCUT2D eigenvalue weighted by atomic mass is 16.5. The van der Waals surface area contributed by atoms with Crippen LogP contribution in [-0.2, 0) is 4.79 Å². The maximum atomic E-state index is 12.4. The molecule has 1 heterocycles. The molecule has 4 nitrogen and oxygen atoms in total. The lowest BCUT2D eigenvalue weighted by molar-refractivity contribution is -0.133. The van der Waals surface area contributed by atoms with Gasteiger partial charge in [-0.15, -0.1) is 0 Å². The Morgan fingerprint density at radius 3 is 2.30 bits per heavy atom. The number of hydrogen-bond acceptors (Lipinski definition) is 3. The van der Waals surface area contributed by atoms with E-state index in [-0.39, 0.29) is 5.91 Å². The Labute approximate surface area is 162 Å². The Bertz CT molecular complexity index is 708. The second-order valence-corrected chi connectivity index (χ2v) is 6.76. The highest BCUT2D eigenvalue weighted by molar-refractivity contribution is 5.76. The van der Waals surface area contributed by atoms with Crippen LogP contribution in [0.15, 0.2) is 66.7 Å². The van der Waals surface area contributed by atoms with E-state index in [0.29, 0.717) is 13.0 Å². The SMILES string of the molecule is O=C(CCCOc1ccccc1)N1CCN(C/C=C/c2ccccc2)CC1. The second kappa shape index (κ2) is 10.5. The van der Waals surface area contributed by atoms with E-state index < -0.39 is 0 Å². The van der Waals surface area contributed by atoms with E-state index in [0.717, 1.165) is 44.9 Å². The molecule has 0 atom stereocenters. The Morgan fingerprint density at radius 2 is 1.59 bits per heavy atom. The predicted octanol–water partition coefficient (Wildman–Crippen LogP) is 3.70. The minimum absolute atomic E-state index is 0.242. The molecule has 1 aliphatic heterocycles. The summed E-state index contributed by atoms with van der Waals surface area (Å²) in [5.74, 6) is 1.10. The van der Waals surface area contributed by atoms with E-state index in [1.807, 2.05) is 41.3 Å². The van der Waals surface area contributed by atoms with E-state index in [9.17, 15) is 4.79 Å². The molecular formula is C23H28N2O2. The summed E-state index contributed by atoms with van der Waals surface area (Å²) in [5.41, 5.74) is 1.23. The summed E-state index contributed by atoms with van der Waals surface area (Å²) in [6, 6.07) is 20.1. The van der Waals surface area contributed by atoms with Crippen molar-refractivity contribution in [3.05, 3.63) is 72.3 Å². The third-order valence-corrected chi connectivity index (χ3v) is 4.75. The van der Waals surface area contributed by atoms with Gasteiger partial charge >= 0.3 is 0 Å². The number of benzene rings is 2. The molecule has 3 rings (SSSR count). The normalized spacial score (nSPS) is 15.2. The number of piperazine rings is 1. The molecule has 0 radical (unpaired) electrons. The Hall–Kier alpha value is -2.59. The first-order valence-corrected chi connectivity index (χ1v) is 9.71. The van der Waals surface area contributed by atoms with Crippen molar-refractivity contribution in [1.82, 2.24) is 9.80 Å². The van der Waals surface area contributed by atoms with Crippen molar-refractivity contribution in [2.24, 2.45) is 0 Å². The fourth-order valence-corrected chi connectivity index (χ4v) is 3.17. The predicted molar refractivity (Wildman–Crippen MR) is 110 cm³/mol. The van der Waals surface area contributed by atoms with Gasteiger partial charge in [0, 0.05) is 39.1 Å². The zero-order valence-corrected chi connectivity index (χ0v) is 15.8. The molecule has 27 heavy (non-hydrogen) atoms. The molecule has 142 valence electrons. The van der Waals surface area contributed by atoms with Gasteiger partial charge in [-0.05, 0) is 24.1 Å².